The Bertz CT molecular complexity index is 661. The van der Waals surface area contributed by atoms with Crippen molar-refractivity contribution >= 4 is 23.8 Å². The number of aliphatic hydroxyl groups excluding tert-OH is 1. The van der Waals surface area contributed by atoms with E-state index in [1.165, 1.54) is 13.8 Å². The van der Waals surface area contributed by atoms with Gasteiger partial charge in [-0.2, -0.15) is 0 Å². The lowest BCUT2D eigenvalue weighted by Crippen LogP contribution is -2.55. The molecule has 1 aromatic carbocycles. The standard InChI is InChI=1S/C18H24N2O7/c1-11(21)8-9-14(17(24)25)19-16(23)15(12(2)22)20-18(26)27-10-13-6-4-3-5-7-13/h3-7,12,14-15,22H,8-10H2,1-2H3,(H,19,23)(H,20,26)(H,24,25)/t12-,14+,15+/m1/s1. The molecule has 0 saturated carbocycles. The average molecular weight is 380 g/mol. The van der Waals surface area contributed by atoms with Crippen molar-refractivity contribution in [3.8, 4) is 0 Å². The third-order valence-electron chi connectivity index (χ3n) is 3.65. The van der Waals surface area contributed by atoms with Crippen LogP contribution in [0.5, 0.6) is 0 Å². The fourth-order valence-corrected chi connectivity index (χ4v) is 2.16. The SMILES string of the molecule is CC(=O)CC[C@H](NC(=O)[C@@H](NC(=O)OCc1ccccc1)[C@@H](C)O)C(=O)O. The molecule has 9 heteroatoms. The lowest BCUT2D eigenvalue weighted by Gasteiger charge is -2.23. The molecule has 0 aromatic heterocycles. The summed E-state index contributed by atoms with van der Waals surface area (Å²) in [5.41, 5.74) is 0.737. The van der Waals surface area contributed by atoms with Crippen LogP contribution in [0, 0.1) is 0 Å². The minimum Gasteiger partial charge on any atom is -0.480 e. The molecule has 1 aromatic rings. The lowest BCUT2D eigenvalue weighted by molar-refractivity contribution is -0.142. The smallest absolute Gasteiger partial charge is 0.408 e. The van der Waals surface area contributed by atoms with Crippen LogP contribution in [0.3, 0.4) is 0 Å². The molecular weight excluding hydrogens is 356 g/mol. The predicted octanol–water partition coefficient (Wildman–Crippen LogP) is 0.601. The number of carboxylic acid groups (broad SMARTS) is 1. The van der Waals surface area contributed by atoms with Crippen molar-refractivity contribution in [1.82, 2.24) is 10.6 Å². The van der Waals surface area contributed by atoms with Gasteiger partial charge in [0.05, 0.1) is 6.10 Å². The van der Waals surface area contributed by atoms with Crippen LogP contribution in [0.4, 0.5) is 4.79 Å². The maximum Gasteiger partial charge on any atom is 0.408 e. The number of benzene rings is 1. The first kappa shape index (κ1) is 22.1. The van der Waals surface area contributed by atoms with Crippen LogP contribution < -0.4 is 10.6 Å². The van der Waals surface area contributed by atoms with Gasteiger partial charge >= 0.3 is 12.1 Å². The molecule has 27 heavy (non-hydrogen) atoms. The van der Waals surface area contributed by atoms with Gasteiger partial charge in [-0.05, 0) is 25.8 Å². The van der Waals surface area contributed by atoms with Gasteiger partial charge in [-0.3, -0.25) is 4.79 Å². The Morgan fingerprint density at radius 2 is 1.74 bits per heavy atom. The van der Waals surface area contributed by atoms with Crippen LogP contribution >= 0.6 is 0 Å². The summed E-state index contributed by atoms with van der Waals surface area (Å²) in [5.74, 6) is -2.43. The molecular formula is C18H24N2O7. The number of carbonyl (C=O) groups is 4. The molecule has 0 fully saturated rings. The summed E-state index contributed by atoms with van der Waals surface area (Å²) in [5, 5.41) is 23.3. The van der Waals surface area contributed by atoms with Gasteiger partial charge in [-0.15, -0.1) is 0 Å². The van der Waals surface area contributed by atoms with Crippen LogP contribution in [0.15, 0.2) is 30.3 Å². The van der Waals surface area contributed by atoms with Gasteiger partial charge in [0, 0.05) is 6.42 Å². The number of carboxylic acids is 1. The Morgan fingerprint density at radius 3 is 2.26 bits per heavy atom. The summed E-state index contributed by atoms with van der Waals surface area (Å²) < 4.78 is 4.99. The molecule has 0 unspecified atom stereocenters. The molecule has 0 radical (unpaired) electrons. The van der Waals surface area contributed by atoms with E-state index in [1.54, 1.807) is 24.3 Å². The van der Waals surface area contributed by atoms with Crippen LogP contribution in [-0.4, -0.2) is 52.2 Å². The maximum atomic E-state index is 12.3. The lowest BCUT2D eigenvalue weighted by atomic mass is 10.1. The van der Waals surface area contributed by atoms with E-state index in [-0.39, 0.29) is 25.2 Å². The van der Waals surface area contributed by atoms with Gasteiger partial charge in [0.2, 0.25) is 5.91 Å². The zero-order valence-corrected chi connectivity index (χ0v) is 15.2. The molecule has 2 amide bonds. The number of alkyl carbamates (subject to hydrolysis) is 1. The first-order valence-corrected chi connectivity index (χ1v) is 8.38. The van der Waals surface area contributed by atoms with E-state index in [1.807, 2.05) is 6.07 Å². The molecule has 0 aliphatic heterocycles. The van der Waals surface area contributed by atoms with E-state index in [2.05, 4.69) is 10.6 Å². The molecule has 148 valence electrons. The fourth-order valence-electron chi connectivity index (χ4n) is 2.16. The quantitative estimate of drug-likeness (QED) is 0.465. The van der Waals surface area contributed by atoms with E-state index in [4.69, 9.17) is 9.84 Å². The number of nitrogens with one attached hydrogen (secondary N) is 2. The van der Waals surface area contributed by atoms with Crippen molar-refractivity contribution in [1.29, 1.82) is 0 Å². The van der Waals surface area contributed by atoms with E-state index < -0.39 is 36.2 Å². The molecule has 0 heterocycles. The summed E-state index contributed by atoms with van der Waals surface area (Å²) in [7, 11) is 0. The van der Waals surface area contributed by atoms with Gasteiger partial charge in [0.25, 0.3) is 0 Å². The Hall–Kier alpha value is -2.94. The molecule has 0 aliphatic rings. The second-order valence-corrected chi connectivity index (χ2v) is 6.06. The average Bonchev–Trinajstić information content (AvgIpc) is 2.61. The number of ketones is 1. The largest absolute Gasteiger partial charge is 0.480 e. The van der Waals surface area contributed by atoms with E-state index >= 15 is 0 Å². The highest BCUT2D eigenvalue weighted by molar-refractivity contribution is 5.90. The third kappa shape index (κ3) is 8.32. The van der Waals surface area contributed by atoms with Crippen molar-refractivity contribution in [2.75, 3.05) is 0 Å². The van der Waals surface area contributed by atoms with E-state index in [0.29, 0.717) is 0 Å². The van der Waals surface area contributed by atoms with Gasteiger partial charge in [0.15, 0.2) is 0 Å². The summed E-state index contributed by atoms with van der Waals surface area (Å²) in [4.78, 5) is 46.4. The van der Waals surface area contributed by atoms with Crippen molar-refractivity contribution in [3.05, 3.63) is 35.9 Å². The molecule has 1 rings (SSSR count). The van der Waals surface area contributed by atoms with Crippen molar-refractivity contribution < 1.29 is 34.1 Å². The van der Waals surface area contributed by atoms with Crippen molar-refractivity contribution in [3.63, 3.8) is 0 Å². The predicted molar refractivity (Wildman–Crippen MR) is 94.7 cm³/mol. The molecule has 0 bridgehead atoms. The Morgan fingerprint density at radius 1 is 1.11 bits per heavy atom. The van der Waals surface area contributed by atoms with E-state index in [0.717, 1.165) is 5.56 Å². The minimum absolute atomic E-state index is 0.0247. The van der Waals surface area contributed by atoms with Crippen LogP contribution in [0.25, 0.3) is 0 Å². The molecule has 9 nitrogen and oxygen atoms in total. The van der Waals surface area contributed by atoms with Crippen LogP contribution in [0.2, 0.25) is 0 Å². The zero-order chi connectivity index (χ0) is 20.4. The summed E-state index contributed by atoms with van der Waals surface area (Å²) in [6.07, 6.45) is -2.35. The number of Topliss-reactive ketones (excluding diaryl/α,β-unsaturated/α-hetero) is 1. The van der Waals surface area contributed by atoms with Crippen LogP contribution in [-0.2, 0) is 25.7 Å². The van der Waals surface area contributed by atoms with Gasteiger partial charge < -0.3 is 30.4 Å². The number of aliphatic carboxylic acids is 1. The van der Waals surface area contributed by atoms with Crippen molar-refractivity contribution in [2.45, 2.75) is 51.5 Å². The zero-order valence-electron chi connectivity index (χ0n) is 15.2. The summed E-state index contributed by atoms with van der Waals surface area (Å²) in [6.45, 7) is 2.55. The molecule has 0 spiro atoms. The van der Waals surface area contributed by atoms with Crippen LogP contribution in [0.1, 0.15) is 32.3 Å². The number of amides is 2. The number of rotatable bonds is 10. The number of hydrogen-bond acceptors (Lipinski definition) is 6. The van der Waals surface area contributed by atoms with Crippen molar-refractivity contribution in [2.24, 2.45) is 0 Å². The second kappa shape index (κ2) is 10.9. The molecule has 3 atom stereocenters. The normalized spacial score (nSPS) is 13.7. The molecule has 0 aliphatic carbocycles. The highest BCUT2D eigenvalue weighted by Gasteiger charge is 2.30. The third-order valence-corrected chi connectivity index (χ3v) is 3.65. The Kier molecular flexibility index (Phi) is 8.94. The van der Waals surface area contributed by atoms with E-state index in [9.17, 15) is 24.3 Å². The van der Waals surface area contributed by atoms with Gasteiger partial charge in [-0.1, -0.05) is 30.3 Å². The highest BCUT2D eigenvalue weighted by atomic mass is 16.5. The maximum absolute atomic E-state index is 12.3. The minimum atomic E-state index is -1.41. The summed E-state index contributed by atoms with van der Waals surface area (Å²) in [6, 6.07) is 6.13. The number of ether oxygens (including phenoxy) is 1. The topological polar surface area (TPSA) is 142 Å². The monoisotopic (exact) mass is 380 g/mol. The Labute approximate surface area is 156 Å². The number of carbonyl (C=O) groups excluding carboxylic acids is 3. The fraction of sp³-hybridized carbons (Fsp3) is 0.444. The highest BCUT2D eigenvalue weighted by Crippen LogP contribution is 2.04. The first-order chi connectivity index (χ1) is 12.7. The number of hydrogen-bond donors (Lipinski definition) is 4. The summed E-state index contributed by atoms with van der Waals surface area (Å²) >= 11 is 0. The number of aliphatic hydroxyl groups is 1. The van der Waals surface area contributed by atoms with Gasteiger partial charge in [0.1, 0.15) is 24.5 Å². The second-order valence-electron chi connectivity index (χ2n) is 6.06. The molecule has 4 N–H and O–H groups in total. The molecule has 0 saturated heterocycles. The Balaban J connectivity index is 2.64. The van der Waals surface area contributed by atoms with Gasteiger partial charge in [-0.25, -0.2) is 9.59 Å². The first-order valence-electron chi connectivity index (χ1n) is 8.38.